The average Bonchev–Trinajstić information content (AvgIpc) is 3.15. The Labute approximate surface area is 179 Å². The van der Waals surface area contributed by atoms with Crippen LogP contribution in [0.3, 0.4) is 0 Å². The van der Waals surface area contributed by atoms with Crippen LogP contribution in [-0.2, 0) is 11.3 Å². The maximum atomic E-state index is 12.3. The highest BCUT2D eigenvalue weighted by Crippen LogP contribution is 2.28. The van der Waals surface area contributed by atoms with Crippen LogP contribution in [0.25, 0.3) is 0 Å². The number of rotatable bonds is 9. The first-order valence-corrected chi connectivity index (χ1v) is 10.8. The summed E-state index contributed by atoms with van der Waals surface area (Å²) in [5.41, 5.74) is 0.882. The molecule has 2 aromatic rings. The van der Waals surface area contributed by atoms with Gasteiger partial charge in [-0.2, -0.15) is 0 Å². The highest BCUT2D eigenvalue weighted by atomic mass is 32.1. The van der Waals surface area contributed by atoms with Crippen molar-refractivity contribution in [1.82, 2.24) is 10.2 Å². The molecule has 30 heavy (non-hydrogen) atoms. The molecule has 0 aliphatic carbocycles. The van der Waals surface area contributed by atoms with Gasteiger partial charge in [0.15, 0.2) is 0 Å². The van der Waals surface area contributed by atoms with E-state index in [0.29, 0.717) is 28.9 Å². The van der Waals surface area contributed by atoms with Crippen LogP contribution in [0.1, 0.15) is 33.0 Å². The first-order chi connectivity index (χ1) is 14.4. The first kappa shape index (κ1) is 22.2. The van der Waals surface area contributed by atoms with Crippen molar-refractivity contribution in [1.29, 1.82) is 0 Å². The summed E-state index contributed by atoms with van der Waals surface area (Å²) in [5, 5.41) is 13.8. The van der Waals surface area contributed by atoms with Gasteiger partial charge in [0.1, 0.15) is 12.4 Å². The zero-order valence-electron chi connectivity index (χ0n) is 17.3. The summed E-state index contributed by atoms with van der Waals surface area (Å²) in [6.07, 6.45) is 2.11. The molecule has 0 saturated carbocycles. The number of ether oxygens (including phenoxy) is 2. The molecule has 8 nitrogen and oxygen atoms in total. The number of nitrogens with one attached hydrogen (secondary N) is 1. The van der Waals surface area contributed by atoms with Crippen LogP contribution >= 0.6 is 11.3 Å². The van der Waals surface area contributed by atoms with Crippen molar-refractivity contribution >= 4 is 22.9 Å². The molecule has 0 radical (unpaired) electrons. The van der Waals surface area contributed by atoms with Gasteiger partial charge in [0.05, 0.1) is 14.7 Å². The fourth-order valence-electron chi connectivity index (χ4n) is 3.40. The van der Waals surface area contributed by atoms with Gasteiger partial charge in [-0.1, -0.05) is 12.1 Å². The summed E-state index contributed by atoms with van der Waals surface area (Å²) in [6, 6.07) is 9.45. The van der Waals surface area contributed by atoms with E-state index < -0.39 is 4.92 Å². The summed E-state index contributed by atoms with van der Waals surface area (Å²) in [4.78, 5) is 26.0. The van der Waals surface area contributed by atoms with E-state index in [-0.39, 0.29) is 11.6 Å². The molecule has 0 atom stereocenters. The zero-order valence-corrected chi connectivity index (χ0v) is 18.1. The minimum atomic E-state index is -0.469. The smallest absolute Gasteiger partial charge is 0.283 e. The van der Waals surface area contributed by atoms with E-state index in [4.69, 9.17) is 9.47 Å². The number of aryl methyl sites for hydroxylation is 1. The lowest BCUT2D eigenvalue weighted by molar-refractivity contribution is -0.385. The number of benzene rings is 1. The van der Waals surface area contributed by atoms with Gasteiger partial charge < -0.3 is 14.8 Å². The van der Waals surface area contributed by atoms with Crippen molar-refractivity contribution in [3.05, 3.63) is 55.8 Å². The van der Waals surface area contributed by atoms with E-state index in [2.05, 4.69) is 17.3 Å². The number of thiophene rings is 1. The molecule has 3 rings (SSSR count). The number of nitro groups is 1. The quantitative estimate of drug-likeness (QED) is 0.481. The third-order valence-electron chi connectivity index (χ3n) is 5.19. The standard InChI is InChI=1S/C21H27N3O5S/c1-15-19(24(26)27)13-20(30-15)21(25)22-14-16-4-3-5-18(12-16)29-11-8-23(2)17-6-9-28-10-7-17/h3-5,12-13,17H,6-11,14H2,1-2H3,(H,22,25). The number of hydrogen-bond donors (Lipinski definition) is 1. The number of carbonyl (C=O) groups is 1. The van der Waals surface area contributed by atoms with Crippen LogP contribution in [0.4, 0.5) is 5.69 Å². The van der Waals surface area contributed by atoms with Gasteiger partial charge in [-0.05, 0) is 44.5 Å². The molecule has 162 valence electrons. The van der Waals surface area contributed by atoms with Crippen LogP contribution in [0.5, 0.6) is 5.75 Å². The Bertz CT molecular complexity index is 879. The molecule has 0 bridgehead atoms. The van der Waals surface area contributed by atoms with Crippen LogP contribution in [0.2, 0.25) is 0 Å². The van der Waals surface area contributed by atoms with Crippen LogP contribution in [0.15, 0.2) is 30.3 Å². The topological polar surface area (TPSA) is 93.9 Å². The Morgan fingerprint density at radius 1 is 1.37 bits per heavy atom. The highest BCUT2D eigenvalue weighted by Gasteiger charge is 2.20. The summed E-state index contributed by atoms with van der Waals surface area (Å²) in [7, 11) is 2.11. The lowest BCUT2D eigenvalue weighted by Crippen LogP contribution is -2.38. The SMILES string of the molecule is Cc1sc(C(=O)NCc2cccc(OCCN(C)C3CCOCC3)c2)cc1[N+](=O)[O-]. The monoisotopic (exact) mass is 433 g/mol. The van der Waals surface area contributed by atoms with E-state index >= 15 is 0 Å². The van der Waals surface area contributed by atoms with Crippen molar-refractivity contribution in [3.63, 3.8) is 0 Å². The summed E-state index contributed by atoms with van der Waals surface area (Å²) < 4.78 is 11.3. The van der Waals surface area contributed by atoms with E-state index in [0.717, 1.165) is 55.2 Å². The van der Waals surface area contributed by atoms with Gasteiger partial charge in [-0.25, -0.2) is 0 Å². The van der Waals surface area contributed by atoms with E-state index in [1.54, 1.807) is 6.92 Å². The average molecular weight is 434 g/mol. The predicted octanol–water partition coefficient (Wildman–Crippen LogP) is 3.38. The Morgan fingerprint density at radius 2 is 2.13 bits per heavy atom. The first-order valence-electron chi connectivity index (χ1n) is 9.97. The molecule has 1 aliphatic heterocycles. The van der Waals surface area contributed by atoms with Crippen molar-refractivity contribution in [2.24, 2.45) is 0 Å². The molecule has 1 fully saturated rings. The van der Waals surface area contributed by atoms with Crippen molar-refractivity contribution in [3.8, 4) is 5.75 Å². The van der Waals surface area contributed by atoms with Crippen LogP contribution in [-0.4, -0.2) is 55.2 Å². The van der Waals surface area contributed by atoms with Gasteiger partial charge in [-0.3, -0.25) is 19.8 Å². The number of carbonyl (C=O) groups excluding carboxylic acids is 1. The second-order valence-corrected chi connectivity index (χ2v) is 8.57. The molecule has 2 heterocycles. The number of likely N-dealkylation sites (N-methyl/N-ethyl adjacent to an activating group) is 1. The zero-order chi connectivity index (χ0) is 21.5. The lowest BCUT2D eigenvalue weighted by atomic mass is 10.1. The minimum Gasteiger partial charge on any atom is -0.492 e. The Hall–Kier alpha value is -2.49. The van der Waals surface area contributed by atoms with Gasteiger partial charge in [0.2, 0.25) is 0 Å². The Balaban J connectivity index is 1.47. The maximum absolute atomic E-state index is 12.3. The normalized spacial score (nSPS) is 14.6. The van der Waals surface area contributed by atoms with Crippen molar-refractivity contribution in [2.45, 2.75) is 32.4 Å². The van der Waals surface area contributed by atoms with Crippen LogP contribution < -0.4 is 10.1 Å². The molecule has 1 N–H and O–H groups in total. The molecule has 1 saturated heterocycles. The molecule has 0 spiro atoms. The van der Waals surface area contributed by atoms with E-state index in [1.807, 2.05) is 24.3 Å². The molecule has 0 unspecified atom stereocenters. The largest absolute Gasteiger partial charge is 0.492 e. The number of nitrogens with zero attached hydrogens (tertiary/aromatic N) is 2. The summed E-state index contributed by atoms with van der Waals surface area (Å²) in [5.74, 6) is 0.436. The third kappa shape index (κ3) is 6.01. The van der Waals surface area contributed by atoms with Gasteiger partial charge >= 0.3 is 0 Å². The fourth-order valence-corrected chi connectivity index (χ4v) is 4.30. The summed E-state index contributed by atoms with van der Waals surface area (Å²) in [6.45, 7) is 5.02. The molecule has 1 amide bonds. The Morgan fingerprint density at radius 3 is 2.83 bits per heavy atom. The van der Waals surface area contributed by atoms with Crippen molar-refractivity contribution in [2.75, 3.05) is 33.4 Å². The molecule has 1 aliphatic rings. The number of amides is 1. The third-order valence-corrected chi connectivity index (χ3v) is 6.23. The lowest BCUT2D eigenvalue weighted by Gasteiger charge is -2.31. The van der Waals surface area contributed by atoms with E-state index in [9.17, 15) is 14.9 Å². The van der Waals surface area contributed by atoms with Gasteiger partial charge in [-0.15, -0.1) is 11.3 Å². The van der Waals surface area contributed by atoms with Gasteiger partial charge in [0, 0.05) is 38.4 Å². The molecule has 1 aromatic heterocycles. The number of hydrogen-bond acceptors (Lipinski definition) is 7. The molecule has 9 heteroatoms. The van der Waals surface area contributed by atoms with Crippen molar-refractivity contribution < 1.29 is 19.2 Å². The Kier molecular flexibility index (Phi) is 7.78. The fraction of sp³-hybridized carbons (Fsp3) is 0.476. The van der Waals surface area contributed by atoms with E-state index in [1.165, 1.54) is 6.07 Å². The molecular formula is C21H27N3O5S. The summed E-state index contributed by atoms with van der Waals surface area (Å²) >= 11 is 1.12. The van der Waals surface area contributed by atoms with Gasteiger partial charge in [0.25, 0.3) is 11.6 Å². The molecular weight excluding hydrogens is 406 g/mol. The maximum Gasteiger partial charge on any atom is 0.283 e. The second-order valence-electron chi connectivity index (χ2n) is 7.31. The second kappa shape index (κ2) is 10.5. The predicted molar refractivity (Wildman–Crippen MR) is 115 cm³/mol. The van der Waals surface area contributed by atoms with Crippen LogP contribution in [0, 0.1) is 17.0 Å². The molecule has 1 aromatic carbocycles. The highest BCUT2D eigenvalue weighted by molar-refractivity contribution is 7.14. The minimum absolute atomic E-state index is 0.0220.